The largest absolute Gasteiger partial charge is 0.366 e. The molecule has 1 heterocycles. The summed E-state index contributed by atoms with van der Waals surface area (Å²) in [4.78, 5) is 39.1. The number of rotatable bonds is 6. The third-order valence-corrected chi connectivity index (χ3v) is 5.08. The number of para-hydroxylation sites is 3. The third-order valence-electron chi connectivity index (χ3n) is 5.08. The molecule has 0 aliphatic carbocycles. The van der Waals surface area contributed by atoms with Crippen molar-refractivity contribution in [3.63, 3.8) is 0 Å². The maximum absolute atomic E-state index is 12.7. The number of amides is 2. The van der Waals surface area contributed by atoms with E-state index in [1.54, 1.807) is 37.4 Å². The van der Waals surface area contributed by atoms with E-state index in [4.69, 9.17) is 0 Å². The lowest BCUT2D eigenvalue weighted by Gasteiger charge is -2.34. The molecule has 1 aliphatic heterocycles. The first-order valence-electron chi connectivity index (χ1n) is 9.54. The number of carbonyl (C=O) groups is 2. The van der Waals surface area contributed by atoms with Gasteiger partial charge in [0.1, 0.15) is 5.69 Å². The number of carbonyl (C=O) groups excluding carboxylic acids is 2. The van der Waals surface area contributed by atoms with Gasteiger partial charge in [0.15, 0.2) is 0 Å². The Balaban J connectivity index is 1.53. The summed E-state index contributed by atoms with van der Waals surface area (Å²) in [7, 11) is 1.63. The molecule has 0 bridgehead atoms. The summed E-state index contributed by atoms with van der Waals surface area (Å²) >= 11 is 0. The van der Waals surface area contributed by atoms with E-state index in [1.807, 2.05) is 23.1 Å². The fourth-order valence-corrected chi connectivity index (χ4v) is 3.58. The van der Waals surface area contributed by atoms with Crippen molar-refractivity contribution in [3.8, 4) is 0 Å². The number of nitrogens with one attached hydrogen (secondary N) is 1. The molecule has 3 rings (SSSR count). The van der Waals surface area contributed by atoms with Gasteiger partial charge < -0.3 is 15.1 Å². The van der Waals surface area contributed by atoms with E-state index < -0.39 is 0 Å². The Hall–Kier alpha value is -3.42. The first-order valence-corrected chi connectivity index (χ1v) is 9.54. The molecule has 1 N–H and O–H groups in total. The smallest absolute Gasteiger partial charge is 0.292 e. The molecule has 8 nitrogen and oxygen atoms in total. The molecule has 29 heavy (non-hydrogen) atoms. The minimum absolute atomic E-state index is 0.0158. The van der Waals surface area contributed by atoms with E-state index in [0.29, 0.717) is 37.3 Å². The van der Waals surface area contributed by atoms with Gasteiger partial charge in [0.25, 0.3) is 5.69 Å². The van der Waals surface area contributed by atoms with Crippen molar-refractivity contribution in [3.05, 3.63) is 64.7 Å². The third kappa shape index (κ3) is 5.10. The lowest BCUT2D eigenvalue weighted by molar-refractivity contribution is -0.384. The van der Waals surface area contributed by atoms with Crippen molar-refractivity contribution in [1.82, 2.24) is 4.90 Å². The van der Waals surface area contributed by atoms with Crippen LogP contribution in [0.3, 0.4) is 0 Å². The van der Waals surface area contributed by atoms with E-state index in [9.17, 15) is 19.7 Å². The fraction of sp³-hybridized carbons (Fsp3) is 0.333. The van der Waals surface area contributed by atoms with Crippen LogP contribution in [0.1, 0.15) is 12.8 Å². The summed E-state index contributed by atoms with van der Waals surface area (Å²) in [6, 6.07) is 15.8. The van der Waals surface area contributed by atoms with Crippen molar-refractivity contribution in [2.24, 2.45) is 5.92 Å². The molecule has 0 unspecified atom stereocenters. The Morgan fingerprint density at radius 1 is 1.10 bits per heavy atom. The predicted octanol–water partition coefficient (Wildman–Crippen LogP) is 2.91. The van der Waals surface area contributed by atoms with Gasteiger partial charge in [-0.15, -0.1) is 0 Å². The molecule has 1 aliphatic rings. The maximum Gasteiger partial charge on any atom is 0.292 e. The summed E-state index contributed by atoms with van der Waals surface area (Å²) in [5, 5.41) is 14.0. The van der Waals surface area contributed by atoms with Gasteiger partial charge in [-0.05, 0) is 31.0 Å². The Morgan fingerprint density at radius 3 is 2.38 bits per heavy atom. The molecule has 2 aromatic carbocycles. The second-order valence-corrected chi connectivity index (χ2v) is 7.12. The molecule has 1 saturated heterocycles. The van der Waals surface area contributed by atoms with Gasteiger partial charge in [-0.25, -0.2) is 0 Å². The highest BCUT2D eigenvalue weighted by Crippen LogP contribution is 2.31. The quantitative estimate of drug-likeness (QED) is 0.598. The van der Waals surface area contributed by atoms with E-state index in [-0.39, 0.29) is 34.9 Å². The number of nitrogens with zero attached hydrogens (tertiary/aromatic N) is 3. The molecule has 0 saturated carbocycles. The van der Waals surface area contributed by atoms with Crippen molar-refractivity contribution in [2.45, 2.75) is 12.8 Å². The van der Waals surface area contributed by atoms with Gasteiger partial charge in [0, 0.05) is 37.8 Å². The number of benzene rings is 2. The highest BCUT2D eigenvalue weighted by atomic mass is 16.6. The minimum Gasteiger partial charge on any atom is -0.366 e. The van der Waals surface area contributed by atoms with Gasteiger partial charge in [-0.1, -0.05) is 30.3 Å². The van der Waals surface area contributed by atoms with E-state index >= 15 is 0 Å². The van der Waals surface area contributed by atoms with Crippen molar-refractivity contribution in [2.75, 3.05) is 36.9 Å². The van der Waals surface area contributed by atoms with Crippen LogP contribution in [0.25, 0.3) is 0 Å². The van der Waals surface area contributed by atoms with E-state index in [2.05, 4.69) is 5.32 Å². The van der Waals surface area contributed by atoms with Crippen LogP contribution < -0.4 is 10.2 Å². The van der Waals surface area contributed by atoms with E-state index in [0.717, 1.165) is 0 Å². The number of hydrogen-bond donors (Lipinski definition) is 1. The van der Waals surface area contributed by atoms with Crippen LogP contribution in [0.15, 0.2) is 54.6 Å². The van der Waals surface area contributed by atoms with Crippen LogP contribution in [0.4, 0.5) is 17.1 Å². The Labute approximate surface area is 169 Å². The summed E-state index contributed by atoms with van der Waals surface area (Å²) in [6.45, 7) is 1.11. The van der Waals surface area contributed by atoms with E-state index in [1.165, 1.54) is 11.0 Å². The molecule has 2 aromatic rings. The SMILES string of the molecule is CN(CC(=O)Nc1ccccc1)C(=O)C1CCN(c2ccccc2[N+](=O)[O-])CC1. The van der Waals surface area contributed by atoms with Crippen LogP contribution in [0, 0.1) is 16.0 Å². The predicted molar refractivity (Wildman–Crippen MR) is 111 cm³/mol. The van der Waals surface area contributed by atoms with Gasteiger partial charge in [0.2, 0.25) is 11.8 Å². The minimum atomic E-state index is -0.383. The molecule has 0 aromatic heterocycles. The Bertz CT molecular complexity index is 879. The second-order valence-electron chi connectivity index (χ2n) is 7.12. The zero-order chi connectivity index (χ0) is 20.8. The van der Waals surface area contributed by atoms with Crippen LogP contribution in [-0.4, -0.2) is 48.3 Å². The van der Waals surface area contributed by atoms with Crippen molar-refractivity contribution >= 4 is 28.9 Å². The van der Waals surface area contributed by atoms with Gasteiger partial charge in [0.05, 0.1) is 11.5 Å². The zero-order valence-corrected chi connectivity index (χ0v) is 16.3. The molecule has 0 spiro atoms. The monoisotopic (exact) mass is 396 g/mol. The highest BCUT2D eigenvalue weighted by molar-refractivity contribution is 5.94. The molecule has 0 atom stereocenters. The number of nitro benzene ring substituents is 1. The summed E-state index contributed by atoms with van der Waals surface area (Å²) in [5.41, 5.74) is 1.35. The van der Waals surface area contributed by atoms with Crippen LogP contribution in [0.2, 0.25) is 0 Å². The molecular weight excluding hydrogens is 372 g/mol. The fourth-order valence-electron chi connectivity index (χ4n) is 3.58. The van der Waals surface area contributed by atoms with Crippen LogP contribution in [0.5, 0.6) is 0 Å². The number of nitro groups is 1. The molecule has 0 radical (unpaired) electrons. The van der Waals surface area contributed by atoms with Crippen molar-refractivity contribution < 1.29 is 14.5 Å². The van der Waals surface area contributed by atoms with Crippen molar-refractivity contribution in [1.29, 1.82) is 0 Å². The molecule has 2 amide bonds. The standard InChI is InChI=1S/C21H24N4O4/c1-23(15-20(26)22-17-7-3-2-4-8-17)21(27)16-11-13-24(14-12-16)18-9-5-6-10-19(18)25(28)29/h2-10,16H,11-15H2,1H3,(H,22,26). The first kappa shape index (κ1) is 20.3. The molecular formula is C21H24N4O4. The second kappa shape index (κ2) is 9.18. The van der Waals surface area contributed by atoms with Gasteiger partial charge in [-0.3, -0.25) is 19.7 Å². The number of likely N-dealkylation sites (N-methyl/N-ethyl adjacent to an activating group) is 1. The lowest BCUT2D eigenvalue weighted by Crippen LogP contribution is -2.43. The maximum atomic E-state index is 12.7. The highest BCUT2D eigenvalue weighted by Gasteiger charge is 2.30. The number of piperidine rings is 1. The summed E-state index contributed by atoms with van der Waals surface area (Å²) in [5.74, 6) is -0.511. The average molecular weight is 396 g/mol. The normalized spacial score (nSPS) is 14.3. The average Bonchev–Trinajstić information content (AvgIpc) is 2.74. The Morgan fingerprint density at radius 2 is 1.72 bits per heavy atom. The number of anilines is 2. The van der Waals surface area contributed by atoms with Crippen LogP contribution in [-0.2, 0) is 9.59 Å². The lowest BCUT2D eigenvalue weighted by atomic mass is 9.95. The van der Waals surface area contributed by atoms with Gasteiger partial charge >= 0.3 is 0 Å². The topological polar surface area (TPSA) is 95.8 Å². The summed E-state index contributed by atoms with van der Waals surface area (Å²) < 4.78 is 0. The summed E-state index contributed by atoms with van der Waals surface area (Å²) in [6.07, 6.45) is 1.19. The zero-order valence-electron chi connectivity index (χ0n) is 16.3. The van der Waals surface area contributed by atoms with Gasteiger partial charge in [-0.2, -0.15) is 0 Å². The number of hydrogen-bond acceptors (Lipinski definition) is 5. The first-order chi connectivity index (χ1) is 14.0. The molecule has 1 fully saturated rings. The Kier molecular flexibility index (Phi) is 6.43. The van der Waals surface area contributed by atoms with Crippen LogP contribution >= 0.6 is 0 Å². The molecule has 152 valence electrons. The molecule has 8 heteroatoms.